The lowest BCUT2D eigenvalue weighted by Crippen LogP contribution is -2.37. The van der Waals surface area contributed by atoms with Crippen molar-refractivity contribution in [3.8, 4) is 5.75 Å². The first-order valence-corrected chi connectivity index (χ1v) is 5.72. The summed E-state index contributed by atoms with van der Waals surface area (Å²) in [4.78, 5) is 22.6. The minimum absolute atomic E-state index is 0. The number of phenols is 1. The topological polar surface area (TPSA) is 110 Å². The third-order valence-corrected chi connectivity index (χ3v) is 3.16. The van der Waals surface area contributed by atoms with E-state index in [0.717, 1.165) is 6.07 Å². The van der Waals surface area contributed by atoms with Gasteiger partial charge in [0.05, 0.1) is 12.5 Å². The Morgan fingerprint density at radius 3 is 2.33 bits per heavy atom. The first-order valence-electron chi connectivity index (χ1n) is 5.72. The summed E-state index contributed by atoms with van der Waals surface area (Å²) in [7, 11) is 1.17. The number of carboxylic acid groups (broad SMARTS) is 1. The second kappa shape index (κ2) is 6.73. The molecule has 0 aliphatic heterocycles. The van der Waals surface area contributed by atoms with Gasteiger partial charge in [0, 0.05) is 11.6 Å². The molecule has 0 spiro atoms. The second-order valence-corrected chi connectivity index (χ2v) is 4.89. The molecule has 21 heavy (non-hydrogen) atoms. The second-order valence-electron chi connectivity index (χ2n) is 4.89. The first kappa shape index (κ1) is 19.1. The average molecular weight is 322 g/mol. The number of nitrogens with two attached hydrogens (primary N) is 1. The molecule has 1 atom stereocenters. The van der Waals surface area contributed by atoms with Crippen LogP contribution in [0.25, 0.3) is 0 Å². The average Bonchev–Trinajstić information content (AvgIpc) is 2.38. The number of methoxy groups -OCH3 is 1. The number of benzene rings is 1. The van der Waals surface area contributed by atoms with Gasteiger partial charge < -0.3 is 20.7 Å². The molecule has 0 aliphatic rings. The number of hydrogen-bond acceptors (Lipinski definition) is 5. The Kier molecular flexibility index (Phi) is 6.13. The zero-order valence-corrected chi connectivity index (χ0v) is 12.5. The molecule has 0 saturated heterocycles. The third-order valence-electron chi connectivity index (χ3n) is 3.16. The van der Waals surface area contributed by atoms with Crippen molar-refractivity contribution in [3.05, 3.63) is 29.1 Å². The summed E-state index contributed by atoms with van der Waals surface area (Å²) >= 11 is 0. The normalized spacial score (nSPS) is 12.2. The lowest BCUT2D eigenvalue weighted by molar-refractivity contribution is -0.152. The van der Waals surface area contributed by atoms with Crippen LogP contribution in [0.5, 0.6) is 5.75 Å². The van der Waals surface area contributed by atoms with Gasteiger partial charge in [-0.2, -0.15) is 0 Å². The van der Waals surface area contributed by atoms with Gasteiger partial charge in [-0.1, -0.05) is 0 Å². The van der Waals surface area contributed by atoms with Crippen LogP contribution in [0.3, 0.4) is 0 Å². The molecule has 0 bridgehead atoms. The highest BCUT2D eigenvalue weighted by atomic mass is 35.5. The fraction of sp³-hybridized carbons (Fsp3) is 0.385. The van der Waals surface area contributed by atoms with E-state index in [9.17, 15) is 19.1 Å². The van der Waals surface area contributed by atoms with Crippen molar-refractivity contribution in [1.29, 1.82) is 0 Å². The van der Waals surface area contributed by atoms with Crippen LogP contribution in [0.4, 0.5) is 4.39 Å². The van der Waals surface area contributed by atoms with Crippen molar-refractivity contribution < 1.29 is 28.9 Å². The summed E-state index contributed by atoms with van der Waals surface area (Å²) in [5.74, 6) is -3.69. The fourth-order valence-corrected chi connectivity index (χ4v) is 1.80. The van der Waals surface area contributed by atoms with Crippen molar-refractivity contribution in [2.45, 2.75) is 19.9 Å². The Bertz CT molecular complexity index is 562. The van der Waals surface area contributed by atoms with E-state index in [1.807, 2.05) is 0 Å². The predicted octanol–water partition coefficient (Wildman–Crippen LogP) is 1.85. The number of carboxylic acids is 1. The van der Waals surface area contributed by atoms with Crippen LogP contribution in [0, 0.1) is 11.2 Å². The molecule has 1 aromatic carbocycles. The van der Waals surface area contributed by atoms with Crippen LogP contribution in [0.2, 0.25) is 0 Å². The molecular formula is C13H17ClFNO5. The van der Waals surface area contributed by atoms with Gasteiger partial charge in [0.2, 0.25) is 0 Å². The lowest BCUT2D eigenvalue weighted by Gasteiger charge is -2.29. The zero-order valence-electron chi connectivity index (χ0n) is 11.7. The van der Waals surface area contributed by atoms with Crippen LogP contribution in [0.15, 0.2) is 12.1 Å². The Labute approximate surface area is 127 Å². The molecule has 4 N–H and O–H groups in total. The summed E-state index contributed by atoms with van der Waals surface area (Å²) in [6, 6.07) is 0.444. The van der Waals surface area contributed by atoms with Crippen molar-refractivity contribution in [2.24, 2.45) is 11.1 Å². The lowest BCUT2D eigenvalue weighted by atomic mass is 9.80. The van der Waals surface area contributed by atoms with Crippen LogP contribution in [-0.4, -0.2) is 29.3 Å². The van der Waals surface area contributed by atoms with E-state index in [1.54, 1.807) is 0 Å². The first-order chi connectivity index (χ1) is 9.12. The molecule has 0 fully saturated rings. The molecular weight excluding hydrogens is 305 g/mol. The minimum Gasteiger partial charge on any atom is -0.507 e. The van der Waals surface area contributed by atoms with Crippen molar-refractivity contribution in [2.75, 3.05) is 7.11 Å². The number of halogens is 2. The number of aromatic hydroxyl groups is 1. The Morgan fingerprint density at radius 2 is 1.90 bits per heavy atom. The number of aromatic carboxylic acids is 1. The number of esters is 1. The fourth-order valence-electron chi connectivity index (χ4n) is 1.80. The highest BCUT2D eigenvalue weighted by Gasteiger charge is 2.38. The molecule has 0 heterocycles. The van der Waals surface area contributed by atoms with Crippen molar-refractivity contribution in [1.82, 2.24) is 0 Å². The number of carbonyl (C=O) groups is 2. The predicted molar refractivity (Wildman–Crippen MR) is 75.0 cm³/mol. The molecule has 0 amide bonds. The maximum absolute atomic E-state index is 13.5. The van der Waals surface area contributed by atoms with Gasteiger partial charge >= 0.3 is 11.9 Å². The molecule has 0 unspecified atom stereocenters. The van der Waals surface area contributed by atoms with Gasteiger partial charge in [0.1, 0.15) is 17.1 Å². The zero-order chi connectivity index (χ0) is 15.7. The SMILES string of the molecule is COC(=O)C(C)(C)[C@@H](N)c1cc(F)cc(C(=O)O)c1O.Cl. The molecule has 0 aromatic heterocycles. The highest BCUT2D eigenvalue weighted by Crippen LogP contribution is 2.38. The number of rotatable bonds is 4. The Morgan fingerprint density at radius 1 is 1.38 bits per heavy atom. The van der Waals surface area contributed by atoms with Gasteiger partial charge in [-0.25, -0.2) is 9.18 Å². The summed E-state index contributed by atoms with van der Waals surface area (Å²) in [6.07, 6.45) is 0. The third kappa shape index (κ3) is 3.62. The van der Waals surface area contributed by atoms with E-state index in [-0.39, 0.29) is 18.0 Å². The number of hydrogen-bond donors (Lipinski definition) is 3. The molecule has 6 nitrogen and oxygen atoms in total. The van der Waals surface area contributed by atoms with Crippen molar-refractivity contribution in [3.63, 3.8) is 0 Å². The molecule has 1 rings (SSSR count). The summed E-state index contributed by atoms with van der Waals surface area (Å²) in [6.45, 7) is 2.91. The van der Waals surface area contributed by atoms with Gasteiger partial charge in [0.15, 0.2) is 0 Å². The Balaban J connectivity index is 0.00000400. The smallest absolute Gasteiger partial charge is 0.339 e. The molecule has 118 valence electrons. The van der Waals surface area contributed by atoms with Gasteiger partial charge in [-0.15, -0.1) is 12.4 Å². The largest absolute Gasteiger partial charge is 0.507 e. The van der Waals surface area contributed by atoms with E-state index < -0.39 is 40.5 Å². The minimum atomic E-state index is -1.49. The van der Waals surface area contributed by atoms with E-state index in [2.05, 4.69) is 4.74 Å². The van der Waals surface area contributed by atoms with Crippen LogP contribution < -0.4 is 5.73 Å². The summed E-state index contributed by atoms with van der Waals surface area (Å²) < 4.78 is 18.0. The summed E-state index contributed by atoms with van der Waals surface area (Å²) in [5, 5.41) is 18.8. The van der Waals surface area contributed by atoms with Gasteiger partial charge in [-0.05, 0) is 26.0 Å². The van der Waals surface area contributed by atoms with E-state index in [0.29, 0.717) is 6.07 Å². The molecule has 0 radical (unpaired) electrons. The number of carbonyl (C=O) groups excluding carboxylic acids is 1. The number of ether oxygens (including phenoxy) is 1. The molecule has 1 aromatic rings. The van der Waals surface area contributed by atoms with Crippen LogP contribution in [0.1, 0.15) is 35.8 Å². The Hall–Kier alpha value is -1.86. The van der Waals surface area contributed by atoms with Crippen LogP contribution >= 0.6 is 12.4 Å². The molecule has 0 saturated carbocycles. The maximum atomic E-state index is 13.5. The monoisotopic (exact) mass is 321 g/mol. The maximum Gasteiger partial charge on any atom is 0.339 e. The van der Waals surface area contributed by atoms with Crippen LogP contribution in [-0.2, 0) is 9.53 Å². The standard InChI is InChI=1S/C13H16FNO5.ClH/c1-13(2,12(19)20-3)10(15)7-4-6(14)5-8(9(7)16)11(17)18;/h4-5,10,16H,15H2,1-3H3,(H,17,18);1H/t10-;/m0./s1. The van der Waals surface area contributed by atoms with Crippen molar-refractivity contribution >= 4 is 24.3 Å². The van der Waals surface area contributed by atoms with E-state index >= 15 is 0 Å². The molecule has 8 heteroatoms. The van der Waals surface area contributed by atoms with E-state index in [4.69, 9.17) is 10.8 Å². The summed E-state index contributed by atoms with van der Waals surface area (Å²) in [5.41, 5.74) is 3.82. The van der Waals surface area contributed by atoms with E-state index in [1.165, 1.54) is 21.0 Å². The van der Waals surface area contributed by atoms with Gasteiger partial charge in [0.25, 0.3) is 0 Å². The molecule has 0 aliphatic carbocycles. The highest BCUT2D eigenvalue weighted by molar-refractivity contribution is 5.91. The van der Waals surface area contributed by atoms with Gasteiger partial charge in [-0.3, -0.25) is 4.79 Å². The quantitative estimate of drug-likeness (QED) is 0.730.